The maximum Gasteiger partial charge on any atom is 0.190 e. The highest BCUT2D eigenvalue weighted by atomic mass is 16.5. The first-order valence-electron chi connectivity index (χ1n) is 7.39. The molecular weight excluding hydrogens is 304 g/mol. The lowest BCUT2D eigenvalue weighted by atomic mass is 10.1. The second kappa shape index (κ2) is 5.96. The van der Waals surface area contributed by atoms with E-state index in [0.717, 1.165) is 28.3 Å². The van der Waals surface area contributed by atoms with Crippen molar-refractivity contribution in [2.24, 2.45) is 0 Å². The SMILES string of the molecule is COc1ccc(-n2nnnc2-c2cn[nH]c2-c2ccccc2)cc1. The van der Waals surface area contributed by atoms with Crippen LogP contribution in [0.3, 0.4) is 0 Å². The Bertz CT molecular complexity index is 943. The van der Waals surface area contributed by atoms with Gasteiger partial charge in [0.15, 0.2) is 5.82 Å². The van der Waals surface area contributed by atoms with E-state index in [9.17, 15) is 0 Å². The largest absolute Gasteiger partial charge is 0.497 e. The van der Waals surface area contributed by atoms with Gasteiger partial charge in [-0.2, -0.15) is 9.78 Å². The topological polar surface area (TPSA) is 81.5 Å². The summed E-state index contributed by atoms with van der Waals surface area (Å²) in [6, 6.07) is 17.5. The molecular formula is C17H14N6O. The summed E-state index contributed by atoms with van der Waals surface area (Å²) in [6.45, 7) is 0. The Hall–Kier alpha value is -3.48. The molecule has 118 valence electrons. The molecule has 0 bridgehead atoms. The molecule has 0 aliphatic rings. The quantitative estimate of drug-likeness (QED) is 0.625. The Kier molecular flexibility index (Phi) is 3.51. The van der Waals surface area contributed by atoms with Crippen LogP contribution >= 0.6 is 0 Å². The first-order chi connectivity index (χ1) is 11.9. The Balaban J connectivity index is 1.80. The van der Waals surface area contributed by atoms with Crippen LogP contribution in [0.4, 0.5) is 0 Å². The van der Waals surface area contributed by atoms with E-state index in [1.807, 2.05) is 54.6 Å². The molecule has 7 nitrogen and oxygen atoms in total. The third kappa shape index (κ3) is 2.41. The first kappa shape index (κ1) is 14.1. The molecule has 0 atom stereocenters. The summed E-state index contributed by atoms with van der Waals surface area (Å²) < 4.78 is 6.87. The Morgan fingerprint density at radius 3 is 2.54 bits per heavy atom. The lowest BCUT2D eigenvalue weighted by Gasteiger charge is -2.06. The number of rotatable bonds is 4. The van der Waals surface area contributed by atoms with Crippen molar-refractivity contribution < 1.29 is 4.74 Å². The monoisotopic (exact) mass is 318 g/mol. The van der Waals surface area contributed by atoms with E-state index in [-0.39, 0.29) is 0 Å². The van der Waals surface area contributed by atoms with Gasteiger partial charge in [-0.3, -0.25) is 5.10 Å². The van der Waals surface area contributed by atoms with Crippen molar-refractivity contribution in [1.29, 1.82) is 0 Å². The Morgan fingerprint density at radius 2 is 1.79 bits per heavy atom. The third-order valence-corrected chi connectivity index (χ3v) is 3.73. The molecule has 0 saturated heterocycles. The minimum absolute atomic E-state index is 0.618. The molecule has 1 N–H and O–H groups in total. The van der Waals surface area contributed by atoms with E-state index in [1.165, 1.54) is 0 Å². The van der Waals surface area contributed by atoms with Gasteiger partial charge in [0.1, 0.15) is 5.75 Å². The lowest BCUT2D eigenvalue weighted by molar-refractivity contribution is 0.414. The Labute approximate surface area is 137 Å². The molecule has 4 rings (SSSR count). The van der Waals surface area contributed by atoms with E-state index in [0.29, 0.717) is 5.82 Å². The normalized spacial score (nSPS) is 10.7. The molecule has 2 aromatic carbocycles. The highest BCUT2D eigenvalue weighted by Crippen LogP contribution is 2.29. The minimum atomic E-state index is 0.618. The van der Waals surface area contributed by atoms with Crippen molar-refractivity contribution in [3.8, 4) is 34.1 Å². The molecule has 24 heavy (non-hydrogen) atoms. The van der Waals surface area contributed by atoms with Crippen molar-refractivity contribution in [1.82, 2.24) is 30.4 Å². The fraction of sp³-hybridized carbons (Fsp3) is 0.0588. The van der Waals surface area contributed by atoms with Crippen LogP contribution in [0.2, 0.25) is 0 Å². The molecule has 0 aliphatic carbocycles. The predicted octanol–water partition coefficient (Wildman–Crippen LogP) is 2.73. The highest BCUT2D eigenvalue weighted by Gasteiger charge is 2.17. The average molecular weight is 318 g/mol. The van der Waals surface area contributed by atoms with Gasteiger partial charge in [0.2, 0.25) is 0 Å². The number of methoxy groups -OCH3 is 1. The number of hydrogen-bond acceptors (Lipinski definition) is 5. The maximum absolute atomic E-state index is 5.19. The van der Waals surface area contributed by atoms with Gasteiger partial charge < -0.3 is 4.74 Å². The molecule has 2 aromatic heterocycles. The molecule has 2 heterocycles. The minimum Gasteiger partial charge on any atom is -0.497 e. The third-order valence-electron chi connectivity index (χ3n) is 3.73. The van der Waals surface area contributed by atoms with E-state index in [4.69, 9.17) is 4.74 Å². The van der Waals surface area contributed by atoms with Gasteiger partial charge in [-0.25, -0.2) is 0 Å². The van der Waals surface area contributed by atoms with E-state index in [1.54, 1.807) is 18.0 Å². The zero-order valence-corrected chi connectivity index (χ0v) is 12.9. The number of ether oxygens (including phenoxy) is 1. The highest BCUT2D eigenvalue weighted by molar-refractivity contribution is 5.77. The zero-order valence-electron chi connectivity index (χ0n) is 12.9. The molecule has 4 aromatic rings. The smallest absolute Gasteiger partial charge is 0.190 e. The van der Waals surface area contributed by atoms with Crippen LogP contribution in [0, 0.1) is 0 Å². The van der Waals surface area contributed by atoms with Gasteiger partial charge in [0.25, 0.3) is 0 Å². The number of aromatic amines is 1. The van der Waals surface area contributed by atoms with E-state index >= 15 is 0 Å². The predicted molar refractivity (Wildman–Crippen MR) is 88.7 cm³/mol. The van der Waals surface area contributed by atoms with Crippen LogP contribution in [-0.2, 0) is 0 Å². The number of nitrogens with zero attached hydrogens (tertiary/aromatic N) is 5. The second-order valence-electron chi connectivity index (χ2n) is 5.14. The van der Waals surface area contributed by atoms with Crippen LogP contribution < -0.4 is 4.74 Å². The summed E-state index contributed by atoms with van der Waals surface area (Å²) in [6.07, 6.45) is 1.73. The maximum atomic E-state index is 5.19. The fourth-order valence-electron chi connectivity index (χ4n) is 2.53. The first-order valence-corrected chi connectivity index (χ1v) is 7.39. The van der Waals surface area contributed by atoms with Gasteiger partial charge >= 0.3 is 0 Å². The number of hydrogen-bond donors (Lipinski definition) is 1. The molecule has 0 saturated carbocycles. The summed E-state index contributed by atoms with van der Waals surface area (Å²) in [4.78, 5) is 0. The molecule has 0 amide bonds. The van der Waals surface area contributed by atoms with Crippen molar-refractivity contribution in [3.05, 3.63) is 60.8 Å². The summed E-state index contributed by atoms with van der Waals surface area (Å²) in [7, 11) is 1.63. The van der Waals surface area contributed by atoms with Crippen molar-refractivity contribution in [2.45, 2.75) is 0 Å². The van der Waals surface area contributed by atoms with Crippen LogP contribution in [0.25, 0.3) is 28.3 Å². The molecule has 7 heteroatoms. The summed E-state index contributed by atoms with van der Waals surface area (Å²) >= 11 is 0. The van der Waals surface area contributed by atoms with Crippen molar-refractivity contribution >= 4 is 0 Å². The summed E-state index contributed by atoms with van der Waals surface area (Å²) in [5, 5.41) is 19.3. The number of aromatic nitrogens is 6. The van der Waals surface area contributed by atoms with Gasteiger partial charge in [-0.1, -0.05) is 30.3 Å². The van der Waals surface area contributed by atoms with E-state index < -0.39 is 0 Å². The molecule has 0 fully saturated rings. The molecule has 0 aliphatic heterocycles. The van der Waals surface area contributed by atoms with E-state index in [2.05, 4.69) is 25.7 Å². The number of tetrazole rings is 1. The summed E-state index contributed by atoms with van der Waals surface area (Å²) in [5.74, 6) is 1.40. The van der Waals surface area contributed by atoms with Crippen molar-refractivity contribution in [3.63, 3.8) is 0 Å². The van der Waals surface area contributed by atoms with Crippen LogP contribution in [-0.4, -0.2) is 37.5 Å². The van der Waals surface area contributed by atoms with Crippen LogP contribution in [0.15, 0.2) is 60.8 Å². The number of H-pyrrole nitrogens is 1. The van der Waals surface area contributed by atoms with Crippen LogP contribution in [0.5, 0.6) is 5.75 Å². The van der Waals surface area contributed by atoms with Gasteiger partial charge in [-0.05, 0) is 34.7 Å². The molecule has 0 radical (unpaired) electrons. The zero-order chi connectivity index (χ0) is 16.4. The van der Waals surface area contributed by atoms with Crippen molar-refractivity contribution in [2.75, 3.05) is 7.11 Å². The van der Waals surface area contributed by atoms with Gasteiger partial charge in [0, 0.05) is 5.56 Å². The summed E-state index contributed by atoms with van der Waals surface area (Å²) in [5.41, 5.74) is 3.58. The lowest BCUT2D eigenvalue weighted by Crippen LogP contribution is -2.00. The Morgan fingerprint density at radius 1 is 1.00 bits per heavy atom. The van der Waals surface area contributed by atoms with Gasteiger partial charge in [-0.15, -0.1) is 5.10 Å². The molecule has 0 spiro atoms. The average Bonchev–Trinajstić information content (AvgIpc) is 3.31. The van der Waals surface area contributed by atoms with Gasteiger partial charge in [0.05, 0.1) is 30.3 Å². The number of benzene rings is 2. The number of nitrogens with one attached hydrogen (secondary N) is 1. The fourth-order valence-corrected chi connectivity index (χ4v) is 2.53. The standard InChI is InChI=1S/C17H14N6O/c1-24-14-9-7-13(8-10-14)23-17(20-21-22-23)15-11-18-19-16(15)12-5-3-2-4-6-12/h2-11H,1H3,(H,18,19). The second-order valence-corrected chi connectivity index (χ2v) is 5.14. The molecule has 0 unspecified atom stereocenters. The van der Waals surface area contributed by atoms with Crippen LogP contribution in [0.1, 0.15) is 0 Å².